The molecule has 2 aromatic carbocycles. The van der Waals surface area contributed by atoms with Crippen LogP contribution in [0, 0.1) is 5.82 Å². The number of aromatic nitrogens is 2. The number of benzene rings is 2. The Hall–Kier alpha value is -2.66. The van der Waals surface area contributed by atoms with Gasteiger partial charge in [0, 0.05) is 24.8 Å². The number of carbonyl (C=O) groups excluding carboxylic acids is 1. The van der Waals surface area contributed by atoms with Crippen molar-refractivity contribution in [1.82, 2.24) is 14.7 Å². The molecule has 0 fully saturated rings. The standard InChI is InChI=1S/C18H15ClFN3O/c1-22(12-13-6-8-14(19)9-7-13)18(24)16-10-11-23(21-16)17-5-3-2-4-15(17)20/h2-11H,12H2,1H3. The Bertz CT molecular complexity index is 861. The first-order chi connectivity index (χ1) is 11.5. The van der Waals surface area contributed by atoms with E-state index in [4.69, 9.17) is 11.6 Å². The highest BCUT2D eigenvalue weighted by Crippen LogP contribution is 2.14. The second kappa shape index (κ2) is 6.84. The van der Waals surface area contributed by atoms with Crippen molar-refractivity contribution in [3.63, 3.8) is 0 Å². The van der Waals surface area contributed by atoms with Crippen LogP contribution in [0.3, 0.4) is 0 Å². The number of carbonyl (C=O) groups is 1. The van der Waals surface area contributed by atoms with E-state index < -0.39 is 5.82 Å². The minimum atomic E-state index is -0.394. The summed E-state index contributed by atoms with van der Waals surface area (Å²) in [5, 5.41) is 4.83. The maximum atomic E-state index is 13.8. The van der Waals surface area contributed by atoms with Gasteiger partial charge in [-0.3, -0.25) is 4.79 Å². The Morgan fingerprint density at radius 1 is 1.17 bits per heavy atom. The lowest BCUT2D eigenvalue weighted by atomic mass is 10.2. The molecule has 24 heavy (non-hydrogen) atoms. The number of amides is 1. The molecule has 1 amide bonds. The van der Waals surface area contributed by atoms with Gasteiger partial charge in [-0.05, 0) is 35.9 Å². The van der Waals surface area contributed by atoms with Crippen molar-refractivity contribution in [3.8, 4) is 5.69 Å². The van der Waals surface area contributed by atoms with Crippen LogP contribution in [0.1, 0.15) is 16.1 Å². The molecule has 0 spiro atoms. The average Bonchev–Trinajstić information content (AvgIpc) is 3.06. The first-order valence-corrected chi connectivity index (χ1v) is 7.73. The van der Waals surface area contributed by atoms with Crippen LogP contribution >= 0.6 is 11.6 Å². The molecule has 1 heterocycles. The molecule has 6 heteroatoms. The molecular weight excluding hydrogens is 329 g/mol. The maximum Gasteiger partial charge on any atom is 0.274 e. The highest BCUT2D eigenvalue weighted by molar-refractivity contribution is 6.30. The molecule has 1 aromatic heterocycles. The number of halogens is 2. The third kappa shape index (κ3) is 3.46. The summed E-state index contributed by atoms with van der Waals surface area (Å²) in [6.45, 7) is 0.433. The van der Waals surface area contributed by atoms with Crippen molar-refractivity contribution in [2.24, 2.45) is 0 Å². The maximum absolute atomic E-state index is 13.8. The lowest BCUT2D eigenvalue weighted by molar-refractivity contribution is 0.0779. The zero-order valence-corrected chi connectivity index (χ0v) is 13.7. The van der Waals surface area contributed by atoms with Gasteiger partial charge >= 0.3 is 0 Å². The molecule has 4 nitrogen and oxygen atoms in total. The van der Waals surface area contributed by atoms with Gasteiger partial charge in [-0.25, -0.2) is 9.07 Å². The van der Waals surface area contributed by atoms with Crippen molar-refractivity contribution >= 4 is 17.5 Å². The molecule has 0 aliphatic heterocycles. The Morgan fingerprint density at radius 3 is 2.58 bits per heavy atom. The van der Waals surface area contributed by atoms with Crippen LogP contribution in [-0.2, 0) is 6.54 Å². The predicted molar refractivity (Wildman–Crippen MR) is 90.8 cm³/mol. The highest BCUT2D eigenvalue weighted by atomic mass is 35.5. The van der Waals surface area contributed by atoms with Crippen LogP contribution in [-0.4, -0.2) is 27.6 Å². The molecule has 0 aliphatic carbocycles. The van der Waals surface area contributed by atoms with Crippen molar-refractivity contribution in [2.75, 3.05) is 7.05 Å². The molecular formula is C18H15ClFN3O. The van der Waals surface area contributed by atoms with Crippen molar-refractivity contribution in [2.45, 2.75) is 6.54 Å². The van der Waals surface area contributed by atoms with E-state index >= 15 is 0 Å². The Labute approximate surface area is 144 Å². The van der Waals surface area contributed by atoms with E-state index in [1.54, 1.807) is 54.5 Å². The van der Waals surface area contributed by atoms with E-state index in [0.29, 0.717) is 17.3 Å². The first-order valence-electron chi connectivity index (χ1n) is 7.35. The molecule has 0 aliphatic rings. The minimum absolute atomic E-state index is 0.236. The van der Waals surface area contributed by atoms with Crippen LogP contribution in [0.2, 0.25) is 5.02 Å². The van der Waals surface area contributed by atoms with Crippen LogP contribution < -0.4 is 0 Å². The van der Waals surface area contributed by atoms with Gasteiger partial charge in [0.05, 0.1) is 0 Å². The van der Waals surface area contributed by atoms with Gasteiger partial charge in [0.2, 0.25) is 0 Å². The van der Waals surface area contributed by atoms with Gasteiger partial charge in [-0.2, -0.15) is 5.10 Å². The lowest BCUT2D eigenvalue weighted by Gasteiger charge is -2.16. The summed E-state index contributed by atoms with van der Waals surface area (Å²) in [6, 6.07) is 15.1. The predicted octanol–water partition coefficient (Wildman–Crippen LogP) is 3.94. The second-order valence-corrected chi connectivity index (χ2v) is 5.82. The summed E-state index contributed by atoms with van der Waals surface area (Å²) in [4.78, 5) is 14.0. The van der Waals surface area contributed by atoms with Gasteiger partial charge < -0.3 is 4.90 Å². The molecule has 0 atom stereocenters. The van der Waals surface area contributed by atoms with Gasteiger partial charge in [-0.1, -0.05) is 35.9 Å². The number of hydrogen-bond donors (Lipinski definition) is 0. The normalized spacial score (nSPS) is 10.6. The van der Waals surface area contributed by atoms with Gasteiger partial charge in [0.1, 0.15) is 11.5 Å². The second-order valence-electron chi connectivity index (χ2n) is 5.38. The van der Waals surface area contributed by atoms with Gasteiger partial charge in [0.15, 0.2) is 5.69 Å². The SMILES string of the molecule is CN(Cc1ccc(Cl)cc1)C(=O)c1ccn(-c2ccccc2F)n1. The largest absolute Gasteiger partial charge is 0.336 e. The van der Waals surface area contributed by atoms with Crippen LogP contribution in [0.25, 0.3) is 5.69 Å². The van der Waals surface area contributed by atoms with E-state index in [1.807, 2.05) is 12.1 Å². The quantitative estimate of drug-likeness (QED) is 0.719. The Morgan fingerprint density at radius 2 is 1.88 bits per heavy atom. The fraction of sp³-hybridized carbons (Fsp3) is 0.111. The van der Waals surface area contributed by atoms with Crippen LogP contribution in [0.4, 0.5) is 4.39 Å². The van der Waals surface area contributed by atoms with Crippen molar-refractivity contribution < 1.29 is 9.18 Å². The topological polar surface area (TPSA) is 38.1 Å². The van der Waals surface area contributed by atoms with Crippen molar-refractivity contribution in [1.29, 1.82) is 0 Å². The highest BCUT2D eigenvalue weighted by Gasteiger charge is 2.16. The molecule has 0 unspecified atom stereocenters. The average molecular weight is 344 g/mol. The van der Waals surface area contributed by atoms with E-state index in [-0.39, 0.29) is 11.6 Å². The van der Waals surface area contributed by atoms with E-state index in [0.717, 1.165) is 5.56 Å². The fourth-order valence-electron chi connectivity index (χ4n) is 2.34. The molecule has 0 saturated heterocycles. The minimum Gasteiger partial charge on any atom is -0.336 e. The third-order valence-electron chi connectivity index (χ3n) is 3.59. The summed E-state index contributed by atoms with van der Waals surface area (Å²) >= 11 is 5.86. The molecule has 122 valence electrons. The number of nitrogens with zero attached hydrogens (tertiary/aromatic N) is 3. The number of rotatable bonds is 4. The zero-order valence-electron chi connectivity index (χ0n) is 13.0. The Balaban J connectivity index is 1.76. The monoisotopic (exact) mass is 343 g/mol. The molecule has 0 saturated carbocycles. The summed E-state index contributed by atoms with van der Waals surface area (Å²) in [5.41, 5.74) is 1.52. The van der Waals surface area contributed by atoms with Gasteiger partial charge in [0.25, 0.3) is 5.91 Å². The lowest BCUT2D eigenvalue weighted by Crippen LogP contribution is -2.26. The first kappa shape index (κ1) is 16.2. The smallest absolute Gasteiger partial charge is 0.274 e. The molecule has 3 rings (SSSR count). The summed E-state index contributed by atoms with van der Waals surface area (Å²) in [7, 11) is 1.69. The third-order valence-corrected chi connectivity index (χ3v) is 3.84. The van der Waals surface area contributed by atoms with Crippen LogP contribution in [0.15, 0.2) is 60.8 Å². The Kier molecular flexibility index (Phi) is 4.62. The molecule has 0 radical (unpaired) electrons. The number of hydrogen-bond acceptors (Lipinski definition) is 2. The number of para-hydroxylation sites is 1. The molecule has 3 aromatic rings. The van der Waals surface area contributed by atoms with Crippen molar-refractivity contribution in [3.05, 3.63) is 82.9 Å². The van der Waals surface area contributed by atoms with E-state index in [2.05, 4.69) is 5.10 Å². The summed E-state index contributed by atoms with van der Waals surface area (Å²) in [6.07, 6.45) is 1.57. The van der Waals surface area contributed by atoms with Gasteiger partial charge in [-0.15, -0.1) is 0 Å². The van der Waals surface area contributed by atoms with E-state index in [1.165, 1.54) is 10.7 Å². The zero-order chi connectivity index (χ0) is 17.1. The van der Waals surface area contributed by atoms with E-state index in [9.17, 15) is 9.18 Å². The van der Waals surface area contributed by atoms with Crippen LogP contribution in [0.5, 0.6) is 0 Å². The fourth-order valence-corrected chi connectivity index (χ4v) is 2.47. The molecule has 0 N–H and O–H groups in total. The summed E-state index contributed by atoms with van der Waals surface area (Å²) < 4.78 is 15.2. The molecule has 0 bridgehead atoms. The summed E-state index contributed by atoms with van der Waals surface area (Å²) in [5.74, 6) is -0.630.